The van der Waals surface area contributed by atoms with Crippen LogP contribution < -0.4 is 0 Å². The molecule has 3 aromatic heterocycles. The third-order valence-corrected chi connectivity index (χ3v) is 14.7. The molecule has 60 heavy (non-hydrogen) atoms. The SMILES string of the molecule is CN(C)C(=O)c1ccc(-c2nc3c(F)c(-c4cccc(Cl)c4Cl)c(CCC#N)cc3c3c2cc(C2CCCN2C(=O)OCC[Si](C)(C)C)n3[C@H]2[C@@H]3C[C@H]2N(C(=O)O)C3)cn1. The van der Waals surface area contributed by atoms with Crippen LogP contribution in [-0.2, 0) is 11.2 Å². The van der Waals surface area contributed by atoms with Gasteiger partial charge in [0.2, 0.25) is 0 Å². The lowest BCUT2D eigenvalue weighted by atomic mass is 9.79. The Balaban J connectivity index is 1.43. The van der Waals surface area contributed by atoms with E-state index in [1.807, 2.05) is 12.1 Å². The van der Waals surface area contributed by atoms with Crippen molar-refractivity contribution in [2.24, 2.45) is 5.92 Å². The van der Waals surface area contributed by atoms with Gasteiger partial charge in [0.15, 0.2) is 5.82 Å². The van der Waals surface area contributed by atoms with Crippen molar-refractivity contribution in [3.63, 3.8) is 0 Å². The molecule has 6 heterocycles. The van der Waals surface area contributed by atoms with Gasteiger partial charge in [-0.15, -0.1) is 0 Å². The molecule has 312 valence electrons. The van der Waals surface area contributed by atoms with E-state index in [0.717, 1.165) is 18.2 Å². The molecular formula is C44H46Cl2FN7O5Si. The zero-order valence-corrected chi connectivity index (χ0v) is 36.6. The number of carboxylic acid groups (broad SMARTS) is 1. The maximum atomic E-state index is 17.8. The number of nitrogens with zero attached hydrogens (tertiary/aromatic N) is 7. The second kappa shape index (κ2) is 16.0. The average molecular weight is 871 g/mol. The largest absolute Gasteiger partial charge is 0.465 e. The Hall–Kier alpha value is -5.23. The Labute approximate surface area is 358 Å². The van der Waals surface area contributed by atoms with Crippen molar-refractivity contribution in [1.82, 2.24) is 29.2 Å². The van der Waals surface area contributed by atoms with E-state index in [2.05, 4.69) is 35.3 Å². The molecule has 1 saturated carbocycles. The molecule has 4 fully saturated rings. The van der Waals surface area contributed by atoms with Gasteiger partial charge in [-0.1, -0.05) is 55.0 Å². The van der Waals surface area contributed by atoms with Gasteiger partial charge in [-0.2, -0.15) is 5.26 Å². The lowest BCUT2D eigenvalue weighted by molar-refractivity contribution is 0.0821. The molecule has 3 aliphatic heterocycles. The van der Waals surface area contributed by atoms with Crippen LogP contribution in [0.5, 0.6) is 0 Å². The van der Waals surface area contributed by atoms with Crippen LogP contribution in [-0.4, -0.2) is 100 Å². The molecule has 0 spiro atoms. The molecule has 16 heteroatoms. The van der Waals surface area contributed by atoms with E-state index in [1.165, 1.54) is 9.80 Å². The van der Waals surface area contributed by atoms with Crippen molar-refractivity contribution in [3.8, 4) is 28.5 Å². The van der Waals surface area contributed by atoms with Crippen LogP contribution in [0.2, 0.25) is 35.7 Å². The predicted molar refractivity (Wildman–Crippen MR) is 232 cm³/mol. The molecule has 1 N–H and O–H groups in total. The first-order valence-electron chi connectivity index (χ1n) is 20.2. The van der Waals surface area contributed by atoms with Gasteiger partial charge in [-0.05, 0) is 67.6 Å². The molecule has 2 aromatic carbocycles. The number of amides is 3. The van der Waals surface area contributed by atoms with Gasteiger partial charge < -0.3 is 24.2 Å². The maximum absolute atomic E-state index is 17.8. The Bertz CT molecular complexity index is 2610. The minimum absolute atomic E-state index is 0.0272. The number of nitriles is 1. The molecule has 2 bridgehead atoms. The summed E-state index contributed by atoms with van der Waals surface area (Å²) in [6.07, 6.45) is 2.46. The number of aryl methyl sites for hydroxylation is 1. The number of fused-ring (bicyclic) bond motifs is 4. The number of rotatable bonds is 10. The second-order valence-electron chi connectivity index (χ2n) is 17.4. The zero-order valence-electron chi connectivity index (χ0n) is 34.1. The lowest BCUT2D eigenvalue weighted by Gasteiger charge is -2.40. The van der Waals surface area contributed by atoms with Crippen LogP contribution in [0.15, 0.2) is 48.7 Å². The fraction of sp³-hybridized carbons (Fsp3) is 0.409. The standard InChI is InChI=1S/C44H46Cl2FN7O5Si/c1-51(2)42(55)31-14-13-25(22-49-31)38-29-21-33(32-12-8-16-52(32)44(58)59-17-18-60(3,4)5)54(40-26-20-34(40)53(23-26)43(56)57)41(29)28-19-24(9-7-15-48)35(37(47)39(28)50-38)27-10-6-11-30(45)36(27)46/h6,10-11,13-14,19,21-22,26,32,34,40H,7-9,12,16-18,20,23H2,1-5H3,(H,56,57)/t26-,32?,34-,40+/m1/s1. The normalized spacial score (nSPS) is 19.8. The summed E-state index contributed by atoms with van der Waals surface area (Å²) in [6, 6.07) is 14.1. The second-order valence-corrected chi connectivity index (χ2v) is 23.8. The van der Waals surface area contributed by atoms with Crippen molar-refractivity contribution in [1.29, 1.82) is 5.26 Å². The molecule has 4 aliphatic rings. The van der Waals surface area contributed by atoms with Gasteiger partial charge in [0, 0.05) is 87.0 Å². The Kier molecular flexibility index (Phi) is 11.1. The number of benzene rings is 2. The van der Waals surface area contributed by atoms with Crippen LogP contribution in [0.4, 0.5) is 14.0 Å². The molecule has 1 aliphatic carbocycles. The summed E-state index contributed by atoms with van der Waals surface area (Å²) in [5, 5.41) is 21.5. The molecule has 3 saturated heterocycles. The van der Waals surface area contributed by atoms with Gasteiger partial charge in [0.25, 0.3) is 5.91 Å². The predicted octanol–water partition coefficient (Wildman–Crippen LogP) is 10.1. The number of hydrogen-bond acceptors (Lipinski definition) is 7. The highest BCUT2D eigenvalue weighted by molar-refractivity contribution is 6.76. The fourth-order valence-corrected chi connectivity index (χ4v) is 10.3. The van der Waals surface area contributed by atoms with Crippen molar-refractivity contribution in [2.75, 3.05) is 33.8 Å². The van der Waals surface area contributed by atoms with Crippen LogP contribution in [0.3, 0.4) is 0 Å². The Morgan fingerprint density at radius 3 is 2.55 bits per heavy atom. The minimum atomic E-state index is -1.49. The van der Waals surface area contributed by atoms with Crippen LogP contribution >= 0.6 is 23.2 Å². The molecule has 0 radical (unpaired) electrons. The van der Waals surface area contributed by atoms with E-state index in [4.69, 9.17) is 32.9 Å². The van der Waals surface area contributed by atoms with Crippen molar-refractivity contribution >= 4 is 71.2 Å². The first-order chi connectivity index (χ1) is 28.6. The van der Waals surface area contributed by atoms with Crippen molar-refractivity contribution in [2.45, 2.75) is 75.9 Å². The fourth-order valence-electron chi connectivity index (χ4n) is 9.23. The summed E-state index contributed by atoms with van der Waals surface area (Å²) in [5.41, 5.74) is 3.63. The highest BCUT2D eigenvalue weighted by Gasteiger charge is 2.56. The monoisotopic (exact) mass is 869 g/mol. The summed E-state index contributed by atoms with van der Waals surface area (Å²) in [4.78, 5) is 53.6. The highest BCUT2D eigenvalue weighted by Crippen LogP contribution is 2.54. The maximum Gasteiger partial charge on any atom is 0.410 e. The molecule has 4 atom stereocenters. The number of pyridine rings is 2. The number of likely N-dealkylation sites (tertiary alicyclic amines) is 1. The van der Waals surface area contributed by atoms with Crippen molar-refractivity contribution < 1.29 is 28.6 Å². The number of carbonyl (C=O) groups is 3. The number of carbonyl (C=O) groups excluding carboxylic acids is 2. The zero-order chi connectivity index (χ0) is 42.8. The number of halogens is 3. The number of ether oxygens (including phenoxy) is 1. The molecule has 12 nitrogen and oxygen atoms in total. The van der Waals surface area contributed by atoms with E-state index in [-0.39, 0.29) is 63.6 Å². The first kappa shape index (κ1) is 41.5. The summed E-state index contributed by atoms with van der Waals surface area (Å²) in [6.45, 7) is 7.83. The average Bonchev–Trinajstić information content (AvgIpc) is 4.01. The molecular weight excluding hydrogens is 825 g/mol. The topological polar surface area (TPSA) is 145 Å². The molecule has 9 rings (SSSR count). The molecule has 1 unspecified atom stereocenters. The molecule has 5 aromatic rings. The van der Waals surface area contributed by atoms with Gasteiger partial charge in [0.1, 0.15) is 11.2 Å². The third-order valence-electron chi connectivity index (χ3n) is 12.2. The Morgan fingerprint density at radius 2 is 1.88 bits per heavy atom. The van der Waals surface area contributed by atoms with Gasteiger partial charge in [0.05, 0.1) is 52.1 Å². The lowest BCUT2D eigenvalue weighted by Crippen LogP contribution is -2.43. The van der Waals surface area contributed by atoms with Gasteiger partial charge in [-0.25, -0.2) is 19.0 Å². The van der Waals surface area contributed by atoms with Crippen LogP contribution in [0, 0.1) is 23.1 Å². The van der Waals surface area contributed by atoms with Crippen molar-refractivity contribution in [3.05, 3.63) is 81.5 Å². The van der Waals surface area contributed by atoms with E-state index >= 15 is 4.39 Å². The smallest absolute Gasteiger partial charge is 0.410 e. The van der Waals surface area contributed by atoms with Gasteiger partial charge in [-0.3, -0.25) is 14.7 Å². The van der Waals surface area contributed by atoms with Crippen LogP contribution in [0.1, 0.15) is 59.5 Å². The quantitative estimate of drug-likeness (QED) is 0.137. The summed E-state index contributed by atoms with van der Waals surface area (Å²) in [7, 11) is 1.79. The summed E-state index contributed by atoms with van der Waals surface area (Å²) < 4.78 is 25.9. The minimum Gasteiger partial charge on any atom is -0.465 e. The van der Waals surface area contributed by atoms with E-state index < -0.39 is 32.1 Å². The number of aromatic nitrogens is 3. The van der Waals surface area contributed by atoms with Crippen LogP contribution in [0.25, 0.3) is 44.2 Å². The number of hydrogen-bond donors (Lipinski definition) is 1. The summed E-state index contributed by atoms with van der Waals surface area (Å²) >= 11 is 13.2. The highest BCUT2D eigenvalue weighted by atomic mass is 35.5. The van der Waals surface area contributed by atoms with E-state index in [1.54, 1.807) is 55.5 Å². The van der Waals surface area contributed by atoms with E-state index in [9.17, 15) is 24.8 Å². The first-order valence-corrected chi connectivity index (χ1v) is 24.7. The Morgan fingerprint density at radius 1 is 1.10 bits per heavy atom. The summed E-state index contributed by atoms with van der Waals surface area (Å²) in [5.74, 6) is -0.977. The van der Waals surface area contributed by atoms with E-state index in [0.29, 0.717) is 71.2 Å². The van der Waals surface area contributed by atoms with Gasteiger partial charge >= 0.3 is 12.2 Å². The third kappa shape index (κ3) is 7.24. The molecule has 3 amide bonds.